The van der Waals surface area contributed by atoms with Crippen LogP contribution in [0.25, 0.3) is 0 Å². The highest BCUT2D eigenvalue weighted by Crippen LogP contribution is 2.21. The zero-order valence-electron chi connectivity index (χ0n) is 7.46. The lowest BCUT2D eigenvalue weighted by atomic mass is 9.94. The summed E-state index contributed by atoms with van der Waals surface area (Å²) in [6, 6.07) is 0. The molecular weight excluding hydrogens is 285 g/mol. The van der Waals surface area contributed by atoms with E-state index in [9.17, 15) is 0 Å². The topological polar surface area (TPSA) is 12.5 Å². The number of hydrogen-bond donors (Lipinski definition) is 0. The average Bonchev–Trinajstić information content (AvgIpc) is 2.09. The second-order valence-corrected chi connectivity index (χ2v) is 4.86. The lowest BCUT2D eigenvalue weighted by molar-refractivity contribution is 0.195. The van der Waals surface area contributed by atoms with Crippen LogP contribution in [0.2, 0.25) is 0 Å². The van der Waals surface area contributed by atoms with Crippen molar-refractivity contribution < 1.29 is 4.18 Å². The number of halogens is 1. The summed E-state index contributed by atoms with van der Waals surface area (Å²) >= 11 is 2.17. The van der Waals surface area contributed by atoms with Gasteiger partial charge in [0.05, 0.1) is 15.8 Å². The molecule has 0 aromatic heterocycles. The lowest BCUT2D eigenvalue weighted by Crippen LogP contribution is -2.30. The van der Waals surface area contributed by atoms with Crippen molar-refractivity contribution in [3.05, 3.63) is 0 Å². The van der Waals surface area contributed by atoms with Gasteiger partial charge >= 0.3 is 0 Å². The molecule has 0 aromatic rings. The first-order valence-electron chi connectivity index (χ1n) is 4.41. The molecule has 2 nitrogen and oxygen atoms in total. The van der Waals surface area contributed by atoms with Gasteiger partial charge in [-0.25, -0.2) is 0 Å². The van der Waals surface area contributed by atoms with Gasteiger partial charge in [-0.05, 0) is 45.3 Å². The predicted octanol–water partition coefficient (Wildman–Crippen LogP) is 2.73. The Hall–Kier alpha value is 1.00. The molecule has 1 fully saturated rings. The summed E-state index contributed by atoms with van der Waals surface area (Å²) in [5.41, 5.74) is 0. The summed E-state index contributed by atoms with van der Waals surface area (Å²) in [7, 11) is 3.65. The van der Waals surface area contributed by atoms with E-state index in [1.54, 1.807) is 0 Å². The van der Waals surface area contributed by atoms with Crippen molar-refractivity contribution in [1.82, 2.24) is 4.90 Å². The quantitative estimate of drug-likeness (QED) is 0.450. The monoisotopic (exact) mass is 301 g/mol. The fourth-order valence-corrected chi connectivity index (χ4v) is 2.30. The van der Waals surface area contributed by atoms with Crippen LogP contribution in [0.1, 0.15) is 19.3 Å². The van der Waals surface area contributed by atoms with Gasteiger partial charge in [0.25, 0.3) is 0 Å². The van der Waals surface area contributed by atoms with Crippen molar-refractivity contribution in [1.29, 1.82) is 0 Å². The fraction of sp³-hybridized carbons (Fsp3) is 1.00. The second kappa shape index (κ2) is 6.45. The summed E-state index contributed by atoms with van der Waals surface area (Å²) < 4.78 is 5.25. The standard InChI is InChI=1S/C8H16INOS/c1-10-5-2-8(3-6-10)4-7-11-12-9/h8H,2-7H2,1H3. The fourth-order valence-electron chi connectivity index (χ4n) is 1.60. The van der Waals surface area contributed by atoms with Gasteiger partial charge in [0.15, 0.2) is 0 Å². The average molecular weight is 301 g/mol. The molecule has 0 aliphatic carbocycles. The first kappa shape index (κ1) is 11.1. The molecule has 1 aliphatic heterocycles. The smallest absolute Gasteiger partial charge is 0.0650 e. The summed E-state index contributed by atoms with van der Waals surface area (Å²) in [5.74, 6) is 0.907. The molecule has 1 aliphatic rings. The van der Waals surface area contributed by atoms with E-state index in [1.165, 1.54) is 41.6 Å². The van der Waals surface area contributed by atoms with Crippen LogP contribution in [0.5, 0.6) is 0 Å². The van der Waals surface area contributed by atoms with Crippen LogP contribution in [0, 0.1) is 5.92 Å². The predicted molar refractivity (Wildman–Crippen MR) is 62.4 cm³/mol. The molecule has 72 valence electrons. The first-order chi connectivity index (χ1) is 5.83. The third-order valence-electron chi connectivity index (χ3n) is 2.49. The summed E-state index contributed by atoms with van der Waals surface area (Å²) in [6.07, 6.45) is 3.95. The molecule has 0 bridgehead atoms. The molecule has 1 rings (SSSR count). The molecule has 0 saturated carbocycles. The van der Waals surface area contributed by atoms with E-state index in [0.717, 1.165) is 12.5 Å². The minimum Gasteiger partial charge on any atom is -0.306 e. The number of likely N-dealkylation sites (tertiary alicyclic amines) is 1. The minimum atomic E-state index is 0.907. The van der Waals surface area contributed by atoms with Crippen molar-refractivity contribution in [2.75, 3.05) is 26.7 Å². The van der Waals surface area contributed by atoms with Crippen molar-refractivity contribution in [3.8, 4) is 0 Å². The van der Waals surface area contributed by atoms with E-state index < -0.39 is 0 Å². The van der Waals surface area contributed by atoms with Gasteiger partial charge in [-0.1, -0.05) is 0 Å². The zero-order valence-corrected chi connectivity index (χ0v) is 10.4. The number of piperidine rings is 1. The first-order valence-corrected chi connectivity index (χ1v) is 7.70. The minimum absolute atomic E-state index is 0.907. The highest BCUT2D eigenvalue weighted by Gasteiger charge is 2.15. The van der Waals surface area contributed by atoms with Gasteiger partial charge in [0.1, 0.15) is 0 Å². The molecule has 1 saturated heterocycles. The Morgan fingerprint density at radius 3 is 2.75 bits per heavy atom. The van der Waals surface area contributed by atoms with Crippen LogP contribution in [0.3, 0.4) is 0 Å². The SMILES string of the molecule is CN1CCC(CCOSI)CC1. The van der Waals surface area contributed by atoms with E-state index in [0.29, 0.717) is 0 Å². The van der Waals surface area contributed by atoms with Crippen LogP contribution in [-0.4, -0.2) is 31.6 Å². The van der Waals surface area contributed by atoms with Crippen LogP contribution >= 0.6 is 30.4 Å². The lowest BCUT2D eigenvalue weighted by Gasteiger charge is -2.28. The maximum atomic E-state index is 5.25. The third kappa shape index (κ3) is 4.30. The third-order valence-corrected chi connectivity index (χ3v) is 3.51. The van der Waals surface area contributed by atoms with Gasteiger partial charge in [-0.2, -0.15) is 0 Å². The Morgan fingerprint density at radius 1 is 1.50 bits per heavy atom. The van der Waals surface area contributed by atoms with Crippen LogP contribution < -0.4 is 0 Å². The molecule has 4 heteroatoms. The Morgan fingerprint density at radius 2 is 2.17 bits per heavy atom. The van der Waals surface area contributed by atoms with Crippen LogP contribution in [0.4, 0.5) is 0 Å². The molecule has 1 heterocycles. The van der Waals surface area contributed by atoms with E-state index in [4.69, 9.17) is 4.18 Å². The Kier molecular flexibility index (Phi) is 5.96. The van der Waals surface area contributed by atoms with Gasteiger partial charge in [0, 0.05) is 21.2 Å². The van der Waals surface area contributed by atoms with E-state index >= 15 is 0 Å². The van der Waals surface area contributed by atoms with Crippen molar-refractivity contribution in [2.45, 2.75) is 19.3 Å². The number of hydrogen-bond acceptors (Lipinski definition) is 3. The summed E-state index contributed by atoms with van der Waals surface area (Å²) in [5, 5.41) is 0. The molecule has 0 radical (unpaired) electrons. The van der Waals surface area contributed by atoms with Gasteiger partial charge in [-0.3, -0.25) is 0 Å². The molecule has 0 atom stereocenters. The van der Waals surface area contributed by atoms with Crippen molar-refractivity contribution in [2.24, 2.45) is 5.92 Å². The highest BCUT2D eigenvalue weighted by atomic mass is 127. The van der Waals surface area contributed by atoms with Crippen molar-refractivity contribution >= 4 is 30.4 Å². The van der Waals surface area contributed by atoms with E-state index in [2.05, 4.69) is 33.2 Å². The maximum absolute atomic E-state index is 5.25. The molecule has 0 aromatic carbocycles. The van der Waals surface area contributed by atoms with Crippen LogP contribution in [-0.2, 0) is 4.18 Å². The molecular formula is C8H16INOS. The largest absolute Gasteiger partial charge is 0.306 e. The highest BCUT2D eigenvalue weighted by molar-refractivity contribution is 14.2. The van der Waals surface area contributed by atoms with Gasteiger partial charge < -0.3 is 9.08 Å². The molecule has 12 heavy (non-hydrogen) atoms. The molecule has 0 spiro atoms. The van der Waals surface area contributed by atoms with Gasteiger partial charge in [0.2, 0.25) is 0 Å². The van der Waals surface area contributed by atoms with Crippen molar-refractivity contribution in [3.63, 3.8) is 0 Å². The molecule has 0 unspecified atom stereocenters. The summed E-state index contributed by atoms with van der Waals surface area (Å²) in [6.45, 7) is 3.45. The van der Waals surface area contributed by atoms with E-state index in [-0.39, 0.29) is 0 Å². The van der Waals surface area contributed by atoms with Crippen LogP contribution in [0.15, 0.2) is 0 Å². The maximum Gasteiger partial charge on any atom is 0.0650 e. The summed E-state index contributed by atoms with van der Waals surface area (Å²) in [4.78, 5) is 2.41. The normalized spacial score (nSPS) is 21.5. The Balaban J connectivity index is 2.01. The molecule has 0 amide bonds. The second-order valence-electron chi connectivity index (χ2n) is 3.42. The number of nitrogens with zero attached hydrogens (tertiary/aromatic N) is 1. The Labute approximate surface area is 91.2 Å². The number of rotatable bonds is 4. The Bertz CT molecular complexity index is 118. The van der Waals surface area contributed by atoms with Gasteiger partial charge in [-0.15, -0.1) is 0 Å². The molecule has 0 N–H and O–H groups in total. The zero-order chi connectivity index (χ0) is 8.81. The van der Waals surface area contributed by atoms with E-state index in [1.807, 2.05) is 0 Å².